The summed E-state index contributed by atoms with van der Waals surface area (Å²) < 4.78 is 5.63. The van der Waals surface area contributed by atoms with Crippen LogP contribution in [-0.2, 0) is 22.7 Å². The molecule has 1 aliphatic heterocycles. The molecule has 0 atom stereocenters. The summed E-state index contributed by atoms with van der Waals surface area (Å²) >= 11 is 7.73. The van der Waals surface area contributed by atoms with Gasteiger partial charge in [-0.25, -0.2) is 4.98 Å². The van der Waals surface area contributed by atoms with E-state index in [1.807, 2.05) is 24.3 Å². The molecule has 0 radical (unpaired) electrons. The summed E-state index contributed by atoms with van der Waals surface area (Å²) in [6.45, 7) is 1.11. The van der Waals surface area contributed by atoms with Crippen LogP contribution in [0.2, 0.25) is 5.02 Å². The van der Waals surface area contributed by atoms with Crippen LogP contribution in [0.1, 0.15) is 11.1 Å². The van der Waals surface area contributed by atoms with E-state index in [4.69, 9.17) is 27.2 Å². The first kappa shape index (κ1) is 19.8. The van der Waals surface area contributed by atoms with Crippen molar-refractivity contribution in [3.05, 3.63) is 40.4 Å². The fourth-order valence-corrected chi connectivity index (χ4v) is 4.26. The average molecular weight is 432 g/mol. The first-order valence-corrected chi connectivity index (χ1v) is 10.3. The Kier molecular flexibility index (Phi) is 5.81. The Hall–Kier alpha value is -2.46. The van der Waals surface area contributed by atoms with Crippen LogP contribution in [0.3, 0.4) is 0 Å². The summed E-state index contributed by atoms with van der Waals surface area (Å²) in [6, 6.07) is 7.82. The average Bonchev–Trinajstić information content (AvgIpc) is 2.70. The van der Waals surface area contributed by atoms with Crippen molar-refractivity contribution >= 4 is 46.0 Å². The molecule has 10 heteroatoms. The van der Waals surface area contributed by atoms with Gasteiger partial charge in [-0.15, -0.1) is 0 Å². The molecule has 8 nitrogen and oxygen atoms in total. The third-order valence-electron chi connectivity index (χ3n) is 4.42. The number of anilines is 1. The number of rotatable bonds is 6. The summed E-state index contributed by atoms with van der Waals surface area (Å²) in [4.78, 5) is 24.7. The van der Waals surface area contributed by atoms with E-state index in [0.29, 0.717) is 34.8 Å². The molecule has 0 fully saturated rings. The molecule has 4 rings (SSSR count). The van der Waals surface area contributed by atoms with E-state index in [1.54, 1.807) is 0 Å². The second kappa shape index (κ2) is 8.50. The highest BCUT2D eigenvalue weighted by Crippen LogP contribution is 2.39. The fraction of sp³-hybridized carbons (Fsp3) is 0.263. The van der Waals surface area contributed by atoms with Crippen molar-refractivity contribution in [1.29, 1.82) is 0 Å². The maximum atomic E-state index is 11.8. The molecule has 0 aliphatic carbocycles. The number of aromatic nitrogens is 3. The van der Waals surface area contributed by atoms with Gasteiger partial charge in [-0.3, -0.25) is 4.79 Å². The molecule has 0 saturated heterocycles. The van der Waals surface area contributed by atoms with Gasteiger partial charge in [-0.2, -0.15) is 9.97 Å². The molecule has 0 spiro atoms. The van der Waals surface area contributed by atoms with E-state index < -0.39 is 0 Å². The zero-order valence-electron chi connectivity index (χ0n) is 15.3. The minimum atomic E-state index is -0.232. The van der Waals surface area contributed by atoms with Gasteiger partial charge >= 0.3 is 0 Å². The minimum Gasteiger partial charge on any atom is -0.395 e. The topological polar surface area (TPSA) is 123 Å². The van der Waals surface area contributed by atoms with E-state index in [2.05, 4.69) is 20.3 Å². The first-order chi connectivity index (χ1) is 14.1. The fourth-order valence-electron chi connectivity index (χ4n) is 3.27. The normalized spacial score (nSPS) is 12.9. The number of amides is 1. The third kappa shape index (κ3) is 4.13. The Morgan fingerprint density at radius 3 is 2.93 bits per heavy atom. The Labute approximate surface area is 175 Å². The highest BCUT2D eigenvalue weighted by Gasteiger charge is 2.21. The molecule has 1 aliphatic rings. The van der Waals surface area contributed by atoms with E-state index in [9.17, 15) is 4.79 Å². The largest absolute Gasteiger partial charge is 0.395 e. The molecule has 0 bridgehead atoms. The van der Waals surface area contributed by atoms with Crippen LogP contribution in [0.15, 0.2) is 29.4 Å². The van der Waals surface area contributed by atoms with Gasteiger partial charge in [0.05, 0.1) is 30.6 Å². The highest BCUT2D eigenvalue weighted by atomic mass is 35.5. The summed E-state index contributed by atoms with van der Waals surface area (Å²) in [7, 11) is 0. The number of nitrogens with zero attached hydrogens (tertiary/aromatic N) is 3. The first-order valence-electron chi connectivity index (χ1n) is 8.90. The van der Waals surface area contributed by atoms with Crippen LogP contribution in [0.25, 0.3) is 22.2 Å². The molecule has 2 heterocycles. The number of carbonyl (C=O) groups is 1. The molecule has 150 valence electrons. The second-order valence-corrected chi connectivity index (χ2v) is 7.74. The van der Waals surface area contributed by atoms with Crippen LogP contribution in [0, 0.1) is 0 Å². The number of aliphatic hydroxyl groups excluding tert-OH is 1. The van der Waals surface area contributed by atoms with Crippen molar-refractivity contribution in [3.8, 4) is 11.4 Å². The lowest BCUT2D eigenvalue weighted by atomic mass is 9.94. The molecular formula is C19H18ClN5O3S. The van der Waals surface area contributed by atoms with E-state index in [1.165, 1.54) is 0 Å². The van der Waals surface area contributed by atoms with E-state index >= 15 is 0 Å². The number of halogens is 1. The molecule has 3 aromatic rings. The lowest BCUT2D eigenvalue weighted by Gasteiger charge is -2.20. The van der Waals surface area contributed by atoms with Gasteiger partial charge in [0.15, 0.2) is 11.0 Å². The molecule has 29 heavy (non-hydrogen) atoms. The number of nitrogens with one attached hydrogen (secondary N) is 1. The number of nitrogen functional groups attached to an aromatic ring is 1. The summed E-state index contributed by atoms with van der Waals surface area (Å²) in [5.74, 6) is 0.269. The molecule has 2 aromatic carbocycles. The standard InChI is InChI=1S/C19H18ClN5O3S/c20-13-6-11-8-28-7-10-2-1-3-12(15(10)11)16(13)17-23-18(21)25-19(24-17)29-9-14(27)22-4-5-26/h1-3,6,26H,4-5,7-9H2,(H,22,27)(H2,21,23,24,25). The molecule has 1 aromatic heterocycles. The summed E-state index contributed by atoms with van der Waals surface area (Å²) in [6.07, 6.45) is 0. The SMILES string of the molecule is Nc1nc(SCC(=O)NCCO)nc(-c2c(Cl)cc3c4c(cccc24)COC3)n1. The quantitative estimate of drug-likeness (QED) is 0.507. The summed E-state index contributed by atoms with van der Waals surface area (Å²) in [5.41, 5.74) is 8.68. The van der Waals surface area contributed by atoms with Crippen molar-refractivity contribution in [2.75, 3.05) is 24.6 Å². The molecular weight excluding hydrogens is 414 g/mol. The maximum absolute atomic E-state index is 11.8. The monoisotopic (exact) mass is 431 g/mol. The van der Waals surface area contributed by atoms with E-state index in [0.717, 1.165) is 33.7 Å². The number of nitrogens with two attached hydrogens (primary N) is 1. The van der Waals surface area contributed by atoms with Crippen molar-refractivity contribution < 1.29 is 14.6 Å². The zero-order chi connectivity index (χ0) is 20.4. The smallest absolute Gasteiger partial charge is 0.230 e. The Morgan fingerprint density at radius 1 is 1.28 bits per heavy atom. The van der Waals surface area contributed by atoms with Gasteiger partial charge in [0.2, 0.25) is 11.9 Å². The van der Waals surface area contributed by atoms with Crippen LogP contribution in [0.4, 0.5) is 5.95 Å². The summed E-state index contributed by atoms with van der Waals surface area (Å²) in [5, 5.41) is 14.2. The zero-order valence-corrected chi connectivity index (χ0v) is 16.9. The van der Waals surface area contributed by atoms with Gasteiger partial charge in [0, 0.05) is 12.1 Å². The van der Waals surface area contributed by atoms with Gasteiger partial charge in [-0.05, 0) is 28.0 Å². The highest BCUT2D eigenvalue weighted by molar-refractivity contribution is 7.99. The number of thioether (sulfide) groups is 1. The van der Waals surface area contributed by atoms with Crippen molar-refractivity contribution in [2.45, 2.75) is 18.4 Å². The number of carbonyl (C=O) groups excluding carboxylic acids is 1. The third-order valence-corrected chi connectivity index (χ3v) is 5.56. The molecule has 4 N–H and O–H groups in total. The van der Waals surface area contributed by atoms with Gasteiger partial charge < -0.3 is 20.9 Å². The second-order valence-electron chi connectivity index (χ2n) is 6.39. The van der Waals surface area contributed by atoms with E-state index in [-0.39, 0.29) is 30.8 Å². The molecule has 0 saturated carbocycles. The van der Waals surface area contributed by atoms with Crippen molar-refractivity contribution in [3.63, 3.8) is 0 Å². The van der Waals surface area contributed by atoms with Gasteiger partial charge in [0.1, 0.15) is 0 Å². The predicted molar refractivity (Wildman–Crippen MR) is 112 cm³/mol. The Balaban J connectivity index is 1.73. The number of hydrogen-bond acceptors (Lipinski definition) is 8. The number of ether oxygens (including phenoxy) is 1. The number of hydrogen-bond donors (Lipinski definition) is 3. The molecule has 0 unspecified atom stereocenters. The van der Waals surface area contributed by atoms with Crippen LogP contribution in [-0.4, -0.2) is 44.9 Å². The van der Waals surface area contributed by atoms with Crippen LogP contribution < -0.4 is 11.1 Å². The van der Waals surface area contributed by atoms with Crippen LogP contribution >= 0.6 is 23.4 Å². The van der Waals surface area contributed by atoms with Gasteiger partial charge in [0.25, 0.3) is 0 Å². The predicted octanol–water partition coefficient (Wildman–Crippen LogP) is 2.16. The maximum Gasteiger partial charge on any atom is 0.230 e. The van der Waals surface area contributed by atoms with Crippen molar-refractivity contribution in [1.82, 2.24) is 20.3 Å². The number of benzene rings is 2. The molecule has 1 amide bonds. The Morgan fingerprint density at radius 2 is 2.10 bits per heavy atom. The number of aliphatic hydroxyl groups is 1. The lowest BCUT2D eigenvalue weighted by Crippen LogP contribution is -2.28. The van der Waals surface area contributed by atoms with Gasteiger partial charge in [-0.1, -0.05) is 41.6 Å². The minimum absolute atomic E-state index is 0.0492. The van der Waals surface area contributed by atoms with Crippen LogP contribution in [0.5, 0.6) is 0 Å². The lowest BCUT2D eigenvalue weighted by molar-refractivity contribution is -0.118. The Bertz CT molecular complexity index is 1100. The van der Waals surface area contributed by atoms with Crippen molar-refractivity contribution in [2.24, 2.45) is 0 Å².